The van der Waals surface area contributed by atoms with Gasteiger partial charge in [0.05, 0.1) is 13.2 Å². The van der Waals surface area contributed by atoms with E-state index in [9.17, 15) is 4.79 Å². The lowest BCUT2D eigenvalue weighted by atomic mass is 10.2. The Kier molecular flexibility index (Phi) is 7.25. The van der Waals surface area contributed by atoms with Crippen molar-refractivity contribution in [2.75, 3.05) is 65.6 Å². The first-order valence-corrected chi connectivity index (χ1v) is 9.46. The summed E-state index contributed by atoms with van der Waals surface area (Å²) in [5.41, 5.74) is 7.03. The number of nitrogens with zero attached hydrogens (tertiary/aromatic N) is 3. The van der Waals surface area contributed by atoms with E-state index >= 15 is 0 Å². The highest BCUT2D eigenvalue weighted by atomic mass is 16.6. The number of morpholine rings is 1. The van der Waals surface area contributed by atoms with Crippen LogP contribution in [0, 0.1) is 0 Å². The van der Waals surface area contributed by atoms with Gasteiger partial charge in [0.25, 0.3) is 0 Å². The predicted molar refractivity (Wildman–Crippen MR) is 99.9 cm³/mol. The second-order valence-electron chi connectivity index (χ2n) is 6.87. The van der Waals surface area contributed by atoms with E-state index in [-0.39, 0.29) is 6.09 Å². The Bertz CT molecular complexity index is 543. The number of piperazine rings is 1. The Morgan fingerprint density at radius 1 is 1.08 bits per heavy atom. The van der Waals surface area contributed by atoms with E-state index in [0.29, 0.717) is 32.3 Å². The summed E-state index contributed by atoms with van der Waals surface area (Å²) >= 11 is 0. The summed E-state index contributed by atoms with van der Waals surface area (Å²) in [6, 6.07) is 10.1. The summed E-state index contributed by atoms with van der Waals surface area (Å²) in [7, 11) is 0. The van der Waals surface area contributed by atoms with Crippen LogP contribution in [0.2, 0.25) is 0 Å². The van der Waals surface area contributed by atoms with Crippen molar-refractivity contribution in [3.05, 3.63) is 35.9 Å². The van der Waals surface area contributed by atoms with Gasteiger partial charge >= 0.3 is 6.09 Å². The highest BCUT2D eigenvalue weighted by Gasteiger charge is 2.27. The van der Waals surface area contributed by atoms with Crippen molar-refractivity contribution < 1.29 is 14.3 Å². The molecule has 1 aromatic carbocycles. The number of rotatable bonds is 6. The molecule has 2 aliphatic rings. The van der Waals surface area contributed by atoms with E-state index in [0.717, 1.165) is 51.5 Å². The number of nitrogens with two attached hydrogens (primary N) is 1. The molecule has 0 radical (unpaired) electrons. The van der Waals surface area contributed by atoms with Gasteiger partial charge in [-0.2, -0.15) is 0 Å². The number of ether oxygens (including phenoxy) is 2. The summed E-state index contributed by atoms with van der Waals surface area (Å²) in [6.07, 6.45) is -0.231. The molecule has 144 valence electrons. The molecule has 0 saturated carbocycles. The van der Waals surface area contributed by atoms with Crippen LogP contribution >= 0.6 is 0 Å². The molecule has 0 aliphatic carbocycles. The van der Waals surface area contributed by atoms with E-state index < -0.39 is 0 Å². The second kappa shape index (κ2) is 9.87. The number of carbonyl (C=O) groups is 1. The van der Waals surface area contributed by atoms with Crippen LogP contribution in [0.5, 0.6) is 0 Å². The molecule has 0 spiro atoms. The number of amides is 1. The van der Waals surface area contributed by atoms with Crippen molar-refractivity contribution in [2.24, 2.45) is 5.73 Å². The highest BCUT2D eigenvalue weighted by Crippen LogP contribution is 2.11. The average molecular weight is 362 g/mol. The van der Waals surface area contributed by atoms with Crippen LogP contribution in [0.4, 0.5) is 4.79 Å². The minimum absolute atomic E-state index is 0.231. The molecule has 0 aromatic heterocycles. The predicted octanol–water partition coefficient (Wildman–Crippen LogP) is 0.600. The van der Waals surface area contributed by atoms with Crippen LogP contribution in [-0.4, -0.2) is 92.4 Å². The molecule has 2 aliphatic heterocycles. The van der Waals surface area contributed by atoms with E-state index in [1.807, 2.05) is 30.3 Å². The molecular weight excluding hydrogens is 332 g/mol. The smallest absolute Gasteiger partial charge is 0.410 e. The van der Waals surface area contributed by atoms with Gasteiger partial charge in [-0.3, -0.25) is 9.80 Å². The fourth-order valence-corrected chi connectivity index (χ4v) is 3.50. The molecule has 1 aromatic rings. The molecule has 3 rings (SSSR count). The van der Waals surface area contributed by atoms with E-state index in [2.05, 4.69) is 9.80 Å². The van der Waals surface area contributed by atoms with Gasteiger partial charge in [-0.15, -0.1) is 0 Å². The average Bonchev–Trinajstić information content (AvgIpc) is 2.72. The van der Waals surface area contributed by atoms with E-state index in [1.54, 1.807) is 4.90 Å². The Balaban J connectivity index is 1.41. The Hall–Kier alpha value is -1.67. The van der Waals surface area contributed by atoms with E-state index in [1.165, 1.54) is 0 Å². The van der Waals surface area contributed by atoms with Gasteiger partial charge in [-0.1, -0.05) is 30.3 Å². The molecule has 2 N–H and O–H groups in total. The van der Waals surface area contributed by atoms with Crippen molar-refractivity contribution in [2.45, 2.75) is 12.6 Å². The molecule has 1 amide bonds. The molecule has 7 heteroatoms. The zero-order valence-corrected chi connectivity index (χ0v) is 15.4. The number of hydrogen-bond acceptors (Lipinski definition) is 6. The number of hydrogen-bond donors (Lipinski definition) is 1. The summed E-state index contributed by atoms with van der Waals surface area (Å²) < 4.78 is 10.8. The minimum Gasteiger partial charge on any atom is -0.445 e. The first-order valence-electron chi connectivity index (χ1n) is 9.46. The fraction of sp³-hybridized carbons (Fsp3) is 0.632. The molecule has 0 bridgehead atoms. The SMILES string of the molecule is NC[C@H](CN1CCOCC1)N1CCN(C(=O)OCc2ccccc2)CC1. The second-order valence-corrected chi connectivity index (χ2v) is 6.87. The first kappa shape index (κ1) is 19.1. The van der Waals surface area contributed by atoms with Crippen molar-refractivity contribution in [3.63, 3.8) is 0 Å². The Labute approximate surface area is 155 Å². The molecule has 0 unspecified atom stereocenters. The molecule has 2 heterocycles. The van der Waals surface area contributed by atoms with Crippen LogP contribution in [0.15, 0.2) is 30.3 Å². The largest absolute Gasteiger partial charge is 0.445 e. The van der Waals surface area contributed by atoms with Crippen LogP contribution in [0.3, 0.4) is 0 Å². The van der Waals surface area contributed by atoms with Crippen molar-refractivity contribution in [1.29, 1.82) is 0 Å². The van der Waals surface area contributed by atoms with Gasteiger partial charge in [0.1, 0.15) is 6.61 Å². The maximum absolute atomic E-state index is 12.3. The maximum Gasteiger partial charge on any atom is 0.410 e. The van der Waals surface area contributed by atoms with Gasteiger partial charge in [0.2, 0.25) is 0 Å². The van der Waals surface area contributed by atoms with Crippen LogP contribution < -0.4 is 5.73 Å². The van der Waals surface area contributed by atoms with Gasteiger partial charge in [0, 0.05) is 58.4 Å². The van der Waals surface area contributed by atoms with Crippen molar-refractivity contribution in [3.8, 4) is 0 Å². The number of benzene rings is 1. The lowest BCUT2D eigenvalue weighted by Crippen LogP contribution is -2.57. The summed E-state index contributed by atoms with van der Waals surface area (Å²) in [5.74, 6) is 0. The summed E-state index contributed by atoms with van der Waals surface area (Å²) in [5, 5.41) is 0. The lowest BCUT2D eigenvalue weighted by Gasteiger charge is -2.40. The first-order chi connectivity index (χ1) is 12.8. The fourth-order valence-electron chi connectivity index (χ4n) is 3.50. The van der Waals surface area contributed by atoms with Crippen LogP contribution in [0.1, 0.15) is 5.56 Å². The molecule has 7 nitrogen and oxygen atoms in total. The lowest BCUT2D eigenvalue weighted by molar-refractivity contribution is 0.0146. The molecular formula is C19H30N4O3. The third-order valence-electron chi connectivity index (χ3n) is 5.14. The monoisotopic (exact) mass is 362 g/mol. The Morgan fingerprint density at radius 2 is 1.77 bits per heavy atom. The third kappa shape index (κ3) is 5.41. The van der Waals surface area contributed by atoms with Crippen LogP contribution in [0.25, 0.3) is 0 Å². The topological polar surface area (TPSA) is 71.3 Å². The third-order valence-corrected chi connectivity index (χ3v) is 5.14. The molecule has 2 saturated heterocycles. The molecule has 26 heavy (non-hydrogen) atoms. The van der Waals surface area contributed by atoms with Gasteiger partial charge < -0.3 is 20.1 Å². The van der Waals surface area contributed by atoms with Crippen molar-refractivity contribution >= 4 is 6.09 Å². The molecule has 1 atom stereocenters. The van der Waals surface area contributed by atoms with Gasteiger partial charge in [-0.05, 0) is 5.56 Å². The van der Waals surface area contributed by atoms with Crippen molar-refractivity contribution in [1.82, 2.24) is 14.7 Å². The van der Waals surface area contributed by atoms with E-state index in [4.69, 9.17) is 15.2 Å². The maximum atomic E-state index is 12.3. The summed E-state index contributed by atoms with van der Waals surface area (Å²) in [6.45, 7) is 8.54. The van der Waals surface area contributed by atoms with Gasteiger partial charge in [0.15, 0.2) is 0 Å². The minimum atomic E-state index is -0.231. The summed E-state index contributed by atoms with van der Waals surface area (Å²) in [4.78, 5) is 18.9. The Morgan fingerprint density at radius 3 is 2.42 bits per heavy atom. The molecule has 2 fully saturated rings. The highest BCUT2D eigenvalue weighted by molar-refractivity contribution is 5.67. The number of carbonyl (C=O) groups excluding carboxylic acids is 1. The quantitative estimate of drug-likeness (QED) is 0.799. The standard InChI is InChI=1S/C19H30N4O3/c20-14-18(15-21-10-12-25-13-11-21)22-6-8-23(9-7-22)19(24)26-16-17-4-2-1-3-5-17/h1-5,18H,6-16,20H2/t18-/m1/s1. The van der Waals surface area contributed by atoms with Gasteiger partial charge in [-0.25, -0.2) is 4.79 Å². The zero-order chi connectivity index (χ0) is 18.2. The van der Waals surface area contributed by atoms with Crippen LogP contribution in [-0.2, 0) is 16.1 Å². The zero-order valence-electron chi connectivity index (χ0n) is 15.4. The normalized spacial score (nSPS) is 20.7.